The van der Waals surface area contributed by atoms with Crippen molar-refractivity contribution >= 4 is 0 Å². The second-order valence-electron chi connectivity index (χ2n) is 4.71. The van der Waals surface area contributed by atoms with E-state index in [-0.39, 0.29) is 5.60 Å². The van der Waals surface area contributed by atoms with Gasteiger partial charge in [-0.25, -0.2) is 0 Å². The summed E-state index contributed by atoms with van der Waals surface area (Å²) >= 11 is 0. The highest BCUT2D eigenvalue weighted by atomic mass is 16.5. The van der Waals surface area contributed by atoms with E-state index >= 15 is 0 Å². The molecule has 3 heteroatoms. The van der Waals surface area contributed by atoms with Crippen molar-refractivity contribution in [1.29, 1.82) is 0 Å². The number of nitrogens with two attached hydrogens (primary N) is 1. The fraction of sp³-hybridized carbons (Fsp3) is 0.571. The lowest BCUT2D eigenvalue weighted by atomic mass is 10.1. The maximum atomic E-state index is 5.79. The van der Waals surface area contributed by atoms with E-state index in [0.29, 0.717) is 13.2 Å². The molecule has 0 heterocycles. The van der Waals surface area contributed by atoms with Crippen molar-refractivity contribution < 1.29 is 9.47 Å². The fourth-order valence-electron chi connectivity index (χ4n) is 1.52. The Morgan fingerprint density at radius 3 is 2.59 bits per heavy atom. The molecule has 0 saturated carbocycles. The summed E-state index contributed by atoms with van der Waals surface area (Å²) < 4.78 is 11.1. The normalized spacial score (nSPS) is 11.5. The van der Waals surface area contributed by atoms with Gasteiger partial charge in [-0.3, -0.25) is 0 Å². The zero-order chi connectivity index (χ0) is 12.7. The monoisotopic (exact) mass is 237 g/mol. The Labute approximate surface area is 104 Å². The van der Waals surface area contributed by atoms with Gasteiger partial charge < -0.3 is 15.2 Å². The van der Waals surface area contributed by atoms with Crippen LogP contribution < -0.4 is 10.5 Å². The maximum absolute atomic E-state index is 5.79. The van der Waals surface area contributed by atoms with E-state index in [4.69, 9.17) is 15.2 Å². The molecule has 3 nitrogen and oxygen atoms in total. The van der Waals surface area contributed by atoms with Gasteiger partial charge in [0.1, 0.15) is 5.75 Å². The Balaban J connectivity index is 2.51. The number of methoxy groups -OCH3 is 1. The largest absolute Gasteiger partial charge is 0.493 e. The SMILES string of the molecule is COC(C)(C)CCOc1ccccc1CCN. The average molecular weight is 237 g/mol. The first kappa shape index (κ1) is 14.0. The van der Waals surface area contributed by atoms with E-state index in [1.807, 2.05) is 18.2 Å². The Hall–Kier alpha value is -1.06. The van der Waals surface area contributed by atoms with E-state index in [2.05, 4.69) is 19.9 Å². The van der Waals surface area contributed by atoms with Crippen molar-refractivity contribution in [3.8, 4) is 5.75 Å². The number of para-hydroxylation sites is 1. The number of hydrogen-bond acceptors (Lipinski definition) is 3. The van der Waals surface area contributed by atoms with Crippen molar-refractivity contribution in [1.82, 2.24) is 0 Å². The Bertz CT molecular complexity index is 337. The van der Waals surface area contributed by atoms with Crippen LogP contribution in [0.3, 0.4) is 0 Å². The Morgan fingerprint density at radius 1 is 1.24 bits per heavy atom. The number of ether oxygens (including phenoxy) is 2. The summed E-state index contributed by atoms with van der Waals surface area (Å²) in [5, 5.41) is 0. The van der Waals surface area contributed by atoms with Crippen molar-refractivity contribution in [2.45, 2.75) is 32.3 Å². The second-order valence-corrected chi connectivity index (χ2v) is 4.71. The zero-order valence-corrected chi connectivity index (χ0v) is 11.0. The van der Waals surface area contributed by atoms with E-state index in [0.717, 1.165) is 18.6 Å². The first-order chi connectivity index (χ1) is 8.09. The smallest absolute Gasteiger partial charge is 0.122 e. The summed E-state index contributed by atoms with van der Waals surface area (Å²) in [5.74, 6) is 0.935. The highest BCUT2D eigenvalue weighted by Gasteiger charge is 2.16. The van der Waals surface area contributed by atoms with Crippen LogP contribution in [-0.4, -0.2) is 25.9 Å². The molecule has 0 aliphatic rings. The lowest BCUT2D eigenvalue weighted by molar-refractivity contribution is 0.00538. The van der Waals surface area contributed by atoms with Gasteiger partial charge in [0.15, 0.2) is 0 Å². The minimum Gasteiger partial charge on any atom is -0.493 e. The molecule has 2 N–H and O–H groups in total. The summed E-state index contributed by atoms with van der Waals surface area (Å²) in [4.78, 5) is 0. The quantitative estimate of drug-likeness (QED) is 0.792. The number of rotatable bonds is 7. The fourth-order valence-corrected chi connectivity index (χ4v) is 1.52. The predicted molar refractivity (Wildman–Crippen MR) is 70.4 cm³/mol. The highest BCUT2D eigenvalue weighted by Crippen LogP contribution is 2.20. The van der Waals surface area contributed by atoms with E-state index in [1.165, 1.54) is 5.56 Å². The molecule has 0 saturated heterocycles. The standard InChI is InChI=1S/C14H23NO2/c1-14(2,16-3)9-11-17-13-7-5-4-6-12(13)8-10-15/h4-7H,8-11,15H2,1-3H3. The van der Waals surface area contributed by atoms with Gasteiger partial charge in [-0.2, -0.15) is 0 Å². The molecular weight excluding hydrogens is 214 g/mol. The van der Waals surface area contributed by atoms with Gasteiger partial charge >= 0.3 is 0 Å². The Morgan fingerprint density at radius 2 is 1.94 bits per heavy atom. The van der Waals surface area contributed by atoms with Gasteiger partial charge in [0.05, 0.1) is 12.2 Å². The molecule has 1 aromatic rings. The second kappa shape index (κ2) is 6.62. The third kappa shape index (κ3) is 4.75. The van der Waals surface area contributed by atoms with Gasteiger partial charge in [0.25, 0.3) is 0 Å². The molecule has 0 aromatic heterocycles. The van der Waals surface area contributed by atoms with Gasteiger partial charge in [0.2, 0.25) is 0 Å². The summed E-state index contributed by atoms with van der Waals surface area (Å²) in [7, 11) is 1.72. The zero-order valence-electron chi connectivity index (χ0n) is 11.0. The van der Waals surface area contributed by atoms with Crippen LogP contribution in [0, 0.1) is 0 Å². The van der Waals surface area contributed by atoms with Crippen LogP contribution in [0.2, 0.25) is 0 Å². The Kier molecular flexibility index (Phi) is 5.45. The molecular formula is C14H23NO2. The van der Waals surface area contributed by atoms with Gasteiger partial charge in [0, 0.05) is 13.5 Å². The van der Waals surface area contributed by atoms with Crippen LogP contribution in [0.4, 0.5) is 0 Å². The molecule has 0 atom stereocenters. The molecule has 0 fully saturated rings. The van der Waals surface area contributed by atoms with Crippen molar-refractivity contribution in [3.05, 3.63) is 29.8 Å². The first-order valence-electron chi connectivity index (χ1n) is 6.05. The third-order valence-electron chi connectivity index (χ3n) is 2.90. The predicted octanol–water partition coefficient (Wildman–Crippen LogP) is 2.38. The van der Waals surface area contributed by atoms with Crippen molar-refractivity contribution in [3.63, 3.8) is 0 Å². The molecule has 0 aliphatic carbocycles. The topological polar surface area (TPSA) is 44.5 Å². The van der Waals surface area contributed by atoms with Crippen molar-refractivity contribution in [2.75, 3.05) is 20.3 Å². The molecule has 1 rings (SSSR count). The van der Waals surface area contributed by atoms with Crippen molar-refractivity contribution in [2.24, 2.45) is 5.73 Å². The van der Waals surface area contributed by atoms with Crippen LogP contribution in [0.5, 0.6) is 5.75 Å². The third-order valence-corrected chi connectivity index (χ3v) is 2.90. The van der Waals surface area contributed by atoms with Gasteiger partial charge in [-0.1, -0.05) is 18.2 Å². The molecule has 96 valence electrons. The summed E-state index contributed by atoms with van der Waals surface area (Å²) in [5.41, 5.74) is 6.61. The summed E-state index contributed by atoms with van der Waals surface area (Å²) in [6.45, 7) is 5.41. The molecule has 17 heavy (non-hydrogen) atoms. The van der Waals surface area contributed by atoms with Gasteiger partial charge in [-0.15, -0.1) is 0 Å². The minimum absolute atomic E-state index is 0.136. The van der Waals surface area contributed by atoms with Crippen LogP contribution in [0.1, 0.15) is 25.8 Å². The van der Waals surface area contributed by atoms with E-state index in [1.54, 1.807) is 7.11 Å². The molecule has 1 aromatic carbocycles. The number of benzene rings is 1. The van der Waals surface area contributed by atoms with E-state index in [9.17, 15) is 0 Å². The average Bonchev–Trinajstić information content (AvgIpc) is 2.31. The summed E-state index contributed by atoms with van der Waals surface area (Å²) in [6, 6.07) is 8.04. The maximum Gasteiger partial charge on any atom is 0.122 e. The van der Waals surface area contributed by atoms with E-state index < -0.39 is 0 Å². The minimum atomic E-state index is -0.136. The van der Waals surface area contributed by atoms with Crippen LogP contribution in [-0.2, 0) is 11.2 Å². The lowest BCUT2D eigenvalue weighted by Crippen LogP contribution is -2.25. The highest BCUT2D eigenvalue weighted by molar-refractivity contribution is 5.33. The molecule has 0 aliphatic heterocycles. The lowest BCUT2D eigenvalue weighted by Gasteiger charge is -2.23. The molecule has 0 spiro atoms. The van der Waals surface area contributed by atoms with Crippen LogP contribution >= 0.6 is 0 Å². The molecule has 0 amide bonds. The molecule has 0 radical (unpaired) electrons. The van der Waals surface area contributed by atoms with Crippen LogP contribution in [0.15, 0.2) is 24.3 Å². The first-order valence-corrected chi connectivity index (χ1v) is 6.05. The summed E-state index contributed by atoms with van der Waals surface area (Å²) in [6.07, 6.45) is 1.71. The van der Waals surface area contributed by atoms with Gasteiger partial charge in [-0.05, 0) is 38.4 Å². The van der Waals surface area contributed by atoms with Crippen LogP contribution in [0.25, 0.3) is 0 Å². The number of hydrogen-bond donors (Lipinski definition) is 1. The molecule has 0 unspecified atom stereocenters. The molecule has 0 bridgehead atoms.